The van der Waals surface area contributed by atoms with E-state index in [0.717, 1.165) is 22.0 Å². The van der Waals surface area contributed by atoms with E-state index in [1.165, 1.54) is 16.9 Å². The summed E-state index contributed by atoms with van der Waals surface area (Å²) in [5.41, 5.74) is 2.32. The van der Waals surface area contributed by atoms with Crippen molar-refractivity contribution in [2.75, 3.05) is 0 Å². The van der Waals surface area contributed by atoms with Crippen LogP contribution in [0.2, 0.25) is 0 Å². The Balaban J connectivity index is 2.10. The Bertz CT molecular complexity index is 534. The number of hydrogen-bond acceptors (Lipinski definition) is 4. The molecular formula is C13H14N2O2S. The minimum atomic E-state index is -0.806. The quantitative estimate of drug-likeness (QED) is 0.900. The van der Waals surface area contributed by atoms with Gasteiger partial charge in [-0.1, -0.05) is 42.5 Å². The van der Waals surface area contributed by atoms with Crippen molar-refractivity contribution >= 4 is 17.3 Å². The number of carboxylic acids is 1. The second kappa shape index (κ2) is 5.73. The van der Waals surface area contributed by atoms with Crippen molar-refractivity contribution < 1.29 is 9.90 Å². The van der Waals surface area contributed by atoms with Crippen molar-refractivity contribution in [3.8, 4) is 10.6 Å². The molecule has 0 saturated heterocycles. The Kier molecular flexibility index (Phi) is 4.04. The van der Waals surface area contributed by atoms with E-state index in [1.807, 2.05) is 12.1 Å². The van der Waals surface area contributed by atoms with Gasteiger partial charge in [-0.25, -0.2) is 0 Å². The summed E-state index contributed by atoms with van der Waals surface area (Å²) < 4.78 is 0. The first kappa shape index (κ1) is 12.7. The molecule has 1 aromatic carbocycles. The lowest BCUT2D eigenvalue weighted by Gasteiger charge is -1.97. The number of aromatic nitrogens is 2. The van der Waals surface area contributed by atoms with Crippen LogP contribution in [-0.2, 0) is 17.6 Å². The molecule has 0 aliphatic heterocycles. The van der Waals surface area contributed by atoms with Gasteiger partial charge < -0.3 is 5.11 Å². The lowest BCUT2D eigenvalue weighted by molar-refractivity contribution is -0.136. The van der Waals surface area contributed by atoms with Crippen LogP contribution in [0.25, 0.3) is 10.6 Å². The molecule has 0 fully saturated rings. The molecule has 2 aromatic rings. The minimum absolute atomic E-state index is 0.101. The number of benzene rings is 1. The minimum Gasteiger partial charge on any atom is -0.481 e. The summed E-state index contributed by atoms with van der Waals surface area (Å²) >= 11 is 1.46. The van der Waals surface area contributed by atoms with Crippen molar-refractivity contribution in [1.29, 1.82) is 0 Å². The van der Waals surface area contributed by atoms with Crippen molar-refractivity contribution in [2.45, 2.75) is 26.2 Å². The van der Waals surface area contributed by atoms with E-state index >= 15 is 0 Å². The smallest absolute Gasteiger partial charge is 0.303 e. The molecule has 0 unspecified atom stereocenters. The molecule has 0 radical (unpaired) electrons. The van der Waals surface area contributed by atoms with E-state index in [1.54, 1.807) is 0 Å². The molecule has 0 amide bonds. The van der Waals surface area contributed by atoms with Crippen molar-refractivity contribution in [3.63, 3.8) is 0 Å². The largest absolute Gasteiger partial charge is 0.481 e. The first-order valence-electron chi connectivity index (χ1n) is 5.82. The molecule has 2 rings (SSSR count). The average Bonchev–Trinajstić information content (AvgIpc) is 2.85. The highest BCUT2D eigenvalue weighted by molar-refractivity contribution is 7.14. The van der Waals surface area contributed by atoms with Crippen LogP contribution < -0.4 is 0 Å². The van der Waals surface area contributed by atoms with Crippen LogP contribution in [0, 0.1) is 0 Å². The molecule has 94 valence electrons. The lowest BCUT2D eigenvalue weighted by atomic mass is 10.1. The second-order valence-electron chi connectivity index (χ2n) is 3.95. The van der Waals surface area contributed by atoms with Gasteiger partial charge in [0, 0.05) is 12.0 Å². The molecule has 1 heterocycles. The van der Waals surface area contributed by atoms with Crippen LogP contribution in [0.5, 0.6) is 0 Å². The van der Waals surface area contributed by atoms with Crippen LogP contribution in [0.15, 0.2) is 24.3 Å². The molecule has 0 saturated carbocycles. The van der Waals surface area contributed by atoms with Gasteiger partial charge in [0.25, 0.3) is 0 Å². The average molecular weight is 262 g/mol. The third-order valence-corrected chi connectivity index (χ3v) is 3.66. The maximum absolute atomic E-state index is 10.5. The Morgan fingerprint density at radius 1 is 1.28 bits per heavy atom. The summed E-state index contributed by atoms with van der Waals surface area (Å²) in [4.78, 5) is 10.5. The number of nitrogens with zero attached hydrogens (tertiary/aromatic N) is 2. The van der Waals surface area contributed by atoms with Crippen LogP contribution >= 0.6 is 11.3 Å². The standard InChI is InChI=1S/C13H14N2O2S/c1-2-9-3-5-10(6-4-9)13-15-14-11(18-13)7-8-12(16)17/h3-6H,2,7-8H2,1H3,(H,16,17). The maximum atomic E-state index is 10.5. The van der Waals surface area contributed by atoms with Crippen LogP contribution in [0.4, 0.5) is 0 Å². The molecule has 0 aliphatic rings. The van der Waals surface area contributed by atoms with Gasteiger partial charge in [-0.2, -0.15) is 0 Å². The van der Waals surface area contributed by atoms with E-state index < -0.39 is 5.97 Å². The number of rotatable bonds is 5. The number of aryl methyl sites for hydroxylation is 2. The van der Waals surface area contributed by atoms with E-state index in [4.69, 9.17) is 5.11 Å². The summed E-state index contributed by atoms with van der Waals surface area (Å²) in [6, 6.07) is 8.21. The Hall–Kier alpha value is -1.75. The highest BCUT2D eigenvalue weighted by atomic mass is 32.1. The van der Waals surface area contributed by atoms with E-state index in [-0.39, 0.29) is 6.42 Å². The Morgan fingerprint density at radius 3 is 2.61 bits per heavy atom. The van der Waals surface area contributed by atoms with Gasteiger partial charge >= 0.3 is 5.97 Å². The molecule has 0 bridgehead atoms. The van der Waals surface area contributed by atoms with E-state index in [2.05, 4.69) is 29.3 Å². The van der Waals surface area contributed by atoms with Crippen molar-refractivity contribution in [3.05, 3.63) is 34.8 Å². The third-order valence-electron chi connectivity index (χ3n) is 2.63. The highest BCUT2D eigenvalue weighted by Gasteiger charge is 2.08. The fourth-order valence-corrected chi connectivity index (χ4v) is 2.41. The second-order valence-corrected chi connectivity index (χ2v) is 5.01. The van der Waals surface area contributed by atoms with Gasteiger partial charge in [0.2, 0.25) is 0 Å². The monoisotopic (exact) mass is 262 g/mol. The molecular weight excluding hydrogens is 248 g/mol. The molecule has 1 N–H and O–H groups in total. The molecule has 4 nitrogen and oxygen atoms in total. The van der Waals surface area contributed by atoms with Crippen LogP contribution in [-0.4, -0.2) is 21.3 Å². The fourth-order valence-electron chi connectivity index (χ4n) is 1.57. The fraction of sp³-hybridized carbons (Fsp3) is 0.308. The number of carboxylic acid groups (broad SMARTS) is 1. The molecule has 1 aromatic heterocycles. The first-order chi connectivity index (χ1) is 8.69. The van der Waals surface area contributed by atoms with Crippen molar-refractivity contribution in [1.82, 2.24) is 10.2 Å². The van der Waals surface area contributed by atoms with E-state index in [9.17, 15) is 4.79 Å². The Morgan fingerprint density at radius 2 is 2.00 bits per heavy atom. The number of carbonyl (C=O) groups is 1. The van der Waals surface area contributed by atoms with Crippen LogP contribution in [0.1, 0.15) is 23.9 Å². The van der Waals surface area contributed by atoms with E-state index in [0.29, 0.717) is 6.42 Å². The topological polar surface area (TPSA) is 63.1 Å². The SMILES string of the molecule is CCc1ccc(-c2nnc(CCC(=O)O)s2)cc1. The van der Waals surface area contributed by atoms with Gasteiger partial charge in [0.15, 0.2) is 0 Å². The zero-order valence-electron chi connectivity index (χ0n) is 10.1. The molecule has 0 atom stereocenters. The predicted molar refractivity (Wildman–Crippen MR) is 70.7 cm³/mol. The van der Waals surface area contributed by atoms with Gasteiger partial charge in [-0.15, -0.1) is 10.2 Å². The Labute approximate surface area is 109 Å². The molecule has 0 aliphatic carbocycles. The summed E-state index contributed by atoms with van der Waals surface area (Å²) in [7, 11) is 0. The predicted octanol–water partition coefficient (Wildman–Crippen LogP) is 2.78. The van der Waals surface area contributed by atoms with Crippen molar-refractivity contribution in [2.24, 2.45) is 0 Å². The van der Waals surface area contributed by atoms with Crippen LogP contribution in [0.3, 0.4) is 0 Å². The number of hydrogen-bond donors (Lipinski definition) is 1. The first-order valence-corrected chi connectivity index (χ1v) is 6.64. The number of aliphatic carboxylic acids is 1. The molecule has 0 spiro atoms. The summed E-state index contributed by atoms with van der Waals surface area (Å²) in [5.74, 6) is -0.806. The summed E-state index contributed by atoms with van der Waals surface area (Å²) in [6.45, 7) is 2.12. The summed E-state index contributed by atoms with van der Waals surface area (Å²) in [5, 5.41) is 18.3. The van der Waals surface area contributed by atoms with Gasteiger partial charge in [-0.3, -0.25) is 4.79 Å². The van der Waals surface area contributed by atoms with Gasteiger partial charge in [0.1, 0.15) is 10.0 Å². The lowest BCUT2D eigenvalue weighted by Crippen LogP contribution is -1.96. The maximum Gasteiger partial charge on any atom is 0.303 e. The highest BCUT2D eigenvalue weighted by Crippen LogP contribution is 2.24. The normalized spacial score (nSPS) is 10.5. The molecule has 5 heteroatoms. The third kappa shape index (κ3) is 3.13. The molecule has 18 heavy (non-hydrogen) atoms. The summed E-state index contributed by atoms with van der Waals surface area (Å²) in [6.07, 6.45) is 1.56. The zero-order valence-corrected chi connectivity index (χ0v) is 10.9. The van der Waals surface area contributed by atoms with Gasteiger partial charge in [-0.05, 0) is 12.0 Å². The van der Waals surface area contributed by atoms with Gasteiger partial charge in [0.05, 0.1) is 6.42 Å². The zero-order chi connectivity index (χ0) is 13.0.